The number of piperidine rings is 1. The number of fused-ring (bicyclic) bond motifs is 3. The maximum absolute atomic E-state index is 5.62. The summed E-state index contributed by atoms with van der Waals surface area (Å²) in [6.45, 7) is 3.65. The van der Waals surface area contributed by atoms with Crippen LogP contribution in [0.4, 0.5) is 0 Å². The monoisotopic (exact) mass is 428 g/mol. The highest BCUT2D eigenvalue weighted by Crippen LogP contribution is 2.49. The predicted octanol–water partition coefficient (Wildman–Crippen LogP) is 5.02. The zero-order valence-electron chi connectivity index (χ0n) is 19.1. The molecule has 0 bridgehead atoms. The molecule has 4 heteroatoms. The van der Waals surface area contributed by atoms with Crippen molar-refractivity contribution in [2.24, 2.45) is 11.8 Å². The SMILES string of the molecule is COc1cccc([C@@]23CCN(CC4CC4)C[C@@H]2Cc2cc4cc(OC)ccc4nc2C3)c1. The van der Waals surface area contributed by atoms with E-state index in [0.29, 0.717) is 5.92 Å². The van der Waals surface area contributed by atoms with Crippen LogP contribution < -0.4 is 9.47 Å². The third kappa shape index (κ3) is 3.45. The van der Waals surface area contributed by atoms with Gasteiger partial charge < -0.3 is 14.4 Å². The summed E-state index contributed by atoms with van der Waals surface area (Å²) in [5.41, 5.74) is 5.32. The van der Waals surface area contributed by atoms with E-state index in [-0.39, 0.29) is 5.41 Å². The number of ether oxygens (including phenoxy) is 2. The van der Waals surface area contributed by atoms with Gasteiger partial charge in [-0.3, -0.25) is 4.98 Å². The van der Waals surface area contributed by atoms with Crippen LogP contribution in [-0.4, -0.2) is 43.7 Å². The van der Waals surface area contributed by atoms with Crippen molar-refractivity contribution < 1.29 is 9.47 Å². The number of methoxy groups -OCH3 is 2. The number of pyridine rings is 1. The van der Waals surface area contributed by atoms with E-state index in [1.807, 2.05) is 6.07 Å². The van der Waals surface area contributed by atoms with Crippen LogP contribution in [-0.2, 0) is 18.3 Å². The molecule has 4 nitrogen and oxygen atoms in total. The first-order valence-corrected chi connectivity index (χ1v) is 12.0. The molecule has 32 heavy (non-hydrogen) atoms. The molecule has 1 aromatic heterocycles. The predicted molar refractivity (Wildman–Crippen MR) is 128 cm³/mol. The Morgan fingerprint density at radius 2 is 1.88 bits per heavy atom. The fourth-order valence-electron chi connectivity index (χ4n) is 6.14. The van der Waals surface area contributed by atoms with Gasteiger partial charge in [0.15, 0.2) is 0 Å². The van der Waals surface area contributed by atoms with Gasteiger partial charge in [-0.2, -0.15) is 0 Å². The van der Waals surface area contributed by atoms with Crippen LogP contribution in [0.3, 0.4) is 0 Å². The first-order chi connectivity index (χ1) is 15.7. The molecular weight excluding hydrogens is 396 g/mol. The van der Waals surface area contributed by atoms with Gasteiger partial charge in [0.25, 0.3) is 0 Å². The van der Waals surface area contributed by atoms with Gasteiger partial charge in [0.1, 0.15) is 11.5 Å². The lowest BCUT2D eigenvalue weighted by Crippen LogP contribution is -2.54. The maximum atomic E-state index is 5.62. The lowest BCUT2D eigenvalue weighted by molar-refractivity contribution is 0.0777. The summed E-state index contributed by atoms with van der Waals surface area (Å²) in [5.74, 6) is 3.39. The van der Waals surface area contributed by atoms with Crippen LogP contribution in [0.5, 0.6) is 11.5 Å². The Morgan fingerprint density at radius 1 is 1.03 bits per heavy atom. The van der Waals surface area contributed by atoms with E-state index in [4.69, 9.17) is 14.5 Å². The molecule has 166 valence electrons. The van der Waals surface area contributed by atoms with E-state index in [2.05, 4.69) is 47.4 Å². The molecule has 0 amide bonds. The second-order valence-corrected chi connectivity index (χ2v) is 10.1. The number of benzene rings is 2. The maximum Gasteiger partial charge on any atom is 0.119 e. The molecule has 2 fully saturated rings. The number of aromatic nitrogens is 1. The van der Waals surface area contributed by atoms with Crippen LogP contribution in [0.15, 0.2) is 48.5 Å². The molecule has 6 rings (SSSR count). The third-order valence-electron chi connectivity index (χ3n) is 8.13. The number of likely N-dealkylation sites (tertiary alicyclic amines) is 1. The Kier molecular flexibility index (Phi) is 4.87. The largest absolute Gasteiger partial charge is 0.497 e. The van der Waals surface area contributed by atoms with Gasteiger partial charge in [0.2, 0.25) is 0 Å². The topological polar surface area (TPSA) is 34.6 Å². The van der Waals surface area contributed by atoms with E-state index >= 15 is 0 Å². The van der Waals surface area contributed by atoms with Gasteiger partial charge in [-0.1, -0.05) is 12.1 Å². The molecule has 2 aliphatic carbocycles. The summed E-state index contributed by atoms with van der Waals surface area (Å²) < 4.78 is 11.1. The van der Waals surface area contributed by atoms with Crippen LogP contribution in [0.25, 0.3) is 10.9 Å². The van der Waals surface area contributed by atoms with E-state index < -0.39 is 0 Å². The Labute approximate surface area is 190 Å². The van der Waals surface area contributed by atoms with Crippen molar-refractivity contribution in [3.63, 3.8) is 0 Å². The first-order valence-electron chi connectivity index (χ1n) is 12.0. The summed E-state index contributed by atoms with van der Waals surface area (Å²) in [4.78, 5) is 7.91. The molecule has 0 unspecified atom stereocenters. The van der Waals surface area contributed by atoms with Gasteiger partial charge in [0, 0.05) is 36.0 Å². The molecule has 2 heterocycles. The summed E-state index contributed by atoms with van der Waals surface area (Å²) in [6.07, 6.45) is 6.14. The normalized spacial score (nSPS) is 25.2. The second kappa shape index (κ2) is 7.77. The Bertz CT molecular complexity index is 1160. The molecule has 1 aliphatic heterocycles. The summed E-state index contributed by atoms with van der Waals surface area (Å²) in [7, 11) is 3.50. The highest BCUT2D eigenvalue weighted by Gasteiger charge is 2.48. The van der Waals surface area contributed by atoms with Gasteiger partial charge in [0.05, 0.1) is 19.7 Å². The number of rotatable bonds is 5. The van der Waals surface area contributed by atoms with Crippen molar-refractivity contribution in [2.75, 3.05) is 33.9 Å². The van der Waals surface area contributed by atoms with Crippen LogP contribution in [0.1, 0.15) is 36.1 Å². The second-order valence-electron chi connectivity index (χ2n) is 10.1. The van der Waals surface area contributed by atoms with E-state index in [1.165, 1.54) is 61.1 Å². The molecule has 1 saturated heterocycles. The third-order valence-corrected chi connectivity index (χ3v) is 8.13. The van der Waals surface area contributed by atoms with Gasteiger partial charge in [-0.25, -0.2) is 0 Å². The van der Waals surface area contributed by atoms with Crippen LogP contribution in [0, 0.1) is 11.8 Å². The highest BCUT2D eigenvalue weighted by atomic mass is 16.5. The minimum absolute atomic E-state index is 0.134. The average molecular weight is 429 g/mol. The zero-order valence-corrected chi connectivity index (χ0v) is 19.1. The van der Waals surface area contributed by atoms with Crippen LogP contribution in [0.2, 0.25) is 0 Å². The lowest BCUT2D eigenvalue weighted by atomic mass is 9.58. The van der Waals surface area contributed by atoms with Crippen molar-refractivity contribution in [1.29, 1.82) is 0 Å². The average Bonchev–Trinajstić information content (AvgIpc) is 3.65. The van der Waals surface area contributed by atoms with E-state index in [9.17, 15) is 0 Å². The Hall–Kier alpha value is -2.59. The molecule has 0 spiro atoms. The van der Waals surface area contributed by atoms with Gasteiger partial charge >= 0.3 is 0 Å². The smallest absolute Gasteiger partial charge is 0.119 e. The van der Waals surface area contributed by atoms with E-state index in [1.54, 1.807) is 14.2 Å². The molecule has 3 aromatic rings. The minimum atomic E-state index is 0.134. The van der Waals surface area contributed by atoms with Crippen molar-refractivity contribution in [3.05, 3.63) is 65.4 Å². The number of nitrogens with zero attached hydrogens (tertiary/aromatic N) is 2. The van der Waals surface area contributed by atoms with Crippen molar-refractivity contribution in [1.82, 2.24) is 9.88 Å². The number of hydrogen-bond donors (Lipinski definition) is 0. The first kappa shape index (κ1) is 20.0. The molecule has 1 saturated carbocycles. The molecule has 0 N–H and O–H groups in total. The highest BCUT2D eigenvalue weighted by molar-refractivity contribution is 5.81. The Morgan fingerprint density at radius 3 is 2.69 bits per heavy atom. The van der Waals surface area contributed by atoms with Gasteiger partial charge in [-0.15, -0.1) is 0 Å². The molecule has 0 radical (unpaired) electrons. The fraction of sp³-hybridized carbons (Fsp3) is 0.464. The lowest BCUT2D eigenvalue weighted by Gasteiger charge is -2.51. The zero-order chi connectivity index (χ0) is 21.7. The van der Waals surface area contributed by atoms with Crippen molar-refractivity contribution in [2.45, 2.75) is 37.5 Å². The van der Waals surface area contributed by atoms with Gasteiger partial charge in [-0.05, 0) is 91.6 Å². The van der Waals surface area contributed by atoms with Crippen molar-refractivity contribution >= 4 is 10.9 Å². The quantitative estimate of drug-likeness (QED) is 0.572. The summed E-state index contributed by atoms with van der Waals surface area (Å²) >= 11 is 0. The molecule has 3 aliphatic rings. The standard InChI is InChI=1S/C28H32N2O2/c1-31-24-5-3-4-22(15-24)28-10-11-30(17-19-6-7-19)18-23(28)13-20-12-21-14-25(32-2)8-9-26(21)29-27(20)16-28/h3-5,8-9,12,14-15,19,23H,6-7,10-11,13,16-18H2,1-2H3/t23-,28-/m0/s1. The van der Waals surface area contributed by atoms with Crippen molar-refractivity contribution in [3.8, 4) is 11.5 Å². The minimum Gasteiger partial charge on any atom is -0.497 e. The van der Waals surface area contributed by atoms with E-state index in [0.717, 1.165) is 35.8 Å². The Balaban J connectivity index is 1.42. The molecule has 2 aromatic carbocycles. The number of hydrogen-bond acceptors (Lipinski definition) is 4. The van der Waals surface area contributed by atoms with Crippen LogP contribution >= 0.6 is 0 Å². The fourth-order valence-corrected chi connectivity index (χ4v) is 6.14. The summed E-state index contributed by atoms with van der Waals surface area (Å²) in [5, 5.41) is 1.18. The molecular formula is C28H32N2O2. The summed E-state index contributed by atoms with van der Waals surface area (Å²) in [6, 6.07) is 17.4. The molecule has 2 atom stereocenters.